The lowest BCUT2D eigenvalue weighted by Gasteiger charge is -2.35. The number of amides is 3. The normalized spacial score (nSPS) is 19.6. The fourth-order valence-electron chi connectivity index (χ4n) is 3.96. The average molecular weight is 403 g/mol. The first-order chi connectivity index (χ1) is 14.1. The van der Waals surface area contributed by atoms with Gasteiger partial charge >= 0.3 is 6.03 Å². The number of hydrogen-bond acceptors (Lipinski definition) is 4. The second kappa shape index (κ2) is 10.6. The Morgan fingerprint density at radius 1 is 1.07 bits per heavy atom. The smallest absolute Gasteiger partial charge is 0.317 e. The van der Waals surface area contributed by atoms with Gasteiger partial charge in [0.15, 0.2) is 0 Å². The molecular weight excluding hydrogens is 368 g/mol. The van der Waals surface area contributed by atoms with E-state index in [2.05, 4.69) is 42.3 Å². The van der Waals surface area contributed by atoms with Gasteiger partial charge in [-0.15, -0.1) is 0 Å². The van der Waals surface area contributed by atoms with Crippen LogP contribution >= 0.6 is 0 Å². The van der Waals surface area contributed by atoms with E-state index in [0.29, 0.717) is 39.3 Å². The highest BCUT2D eigenvalue weighted by atomic mass is 16.5. The van der Waals surface area contributed by atoms with E-state index in [0.717, 1.165) is 38.0 Å². The third-order valence-electron chi connectivity index (χ3n) is 5.92. The Morgan fingerprint density at radius 3 is 2.34 bits per heavy atom. The van der Waals surface area contributed by atoms with E-state index in [4.69, 9.17) is 4.74 Å². The quantitative estimate of drug-likeness (QED) is 0.758. The van der Waals surface area contributed by atoms with E-state index in [1.807, 2.05) is 11.0 Å². The third-order valence-corrected chi connectivity index (χ3v) is 5.92. The summed E-state index contributed by atoms with van der Waals surface area (Å²) in [4.78, 5) is 31.1. The molecule has 1 atom stereocenters. The Balaban J connectivity index is 1.47. The fraction of sp³-hybridized carbons (Fsp3) is 0.636. The van der Waals surface area contributed by atoms with Crippen LogP contribution < -0.4 is 5.32 Å². The van der Waals surface area contributed by atoms with E-state index >= 15 is 0 Å². The molecule has 1 aromatic carbocycles. The highest BCUT2D eigenvalue weighted by Crippen LogP contribution is 2.16. The van der Waals surface area contributed by atoms with Crippen LogP contribution in [0.5, 0.6) is 0 Å². The molecule has 1 unspecified atom stereocenters. The molecular formula is C22H34N4O3. The summed E-state index contributed by atoms with van der Waals surface area (Å²) in [6, 6.07) is 8.22. The first kappa shape index (κ1) is 21.6. The van der Waals surface area contributed by atoms with Gasteiger partial charge in [0.25, 0.3) is 5.91 Å². The largest absolute Gasteiger partial charge is 0.368 e. The first-order valence-corrected chi connectivity index (χ1v) is 10.8. The van der Waals surface area contributed by atoms with Crippen molar-refractivity contribution in [2.45, 2.75) is 45.9 Å². The highest BCUT2D eigenvalue weighted by molar-refractivity contribution is 5.81. The van der Waals surface area contributed by atoms with E-state index in [1.54, 1.807) is 4.90 Å². The molecule has 0 bridgehead atoms. The fourth-order valence-corrected chi connectivity index (χ4v) is 3.96. The highest BCUT2D eigenvalue weighted by Gasteiger charge is 2.31. The Bertz CT molecular complexity index is 678. The second-order valence-electron chi connectivity index (χ2n) is 7.70. The summed E-state index contributed by atoms with van der Waals surface area (Å²) in [6.07, 6.45) is 1.48. The molecule has 7 heteroatoms. The molecule has 0 aliphatic carbocycles. The van der Waals surface area contributed by atoms with E-state index in [1.165, 1.54) is 5.56 Å². The molecule has 1 aromatic rings. The minimum Gasteiger partial charge on any atom is -0.368 e. The van der Waals surface area contributed by atoms with Gasteiger partial charge in [-0.25, -0.2) is 4.79 Å². The Hall–Kier alpha value is -2.12. The maximum atomic E-state index is 12.6. The molecule has 1 N–H and O–H groups in total. The van der Waals surface area contributed by atoms with Crippen molar-refractivity contribution in [3.05, 3.63) is 35.4 Å². The molecule has 2 saturated heterocycles. The van der Waals surface area contributed by atoms with Crippen molar-refractivity contribution in [1.29, 1.82) is 0 Å². The van der Waals surface area contributed by atoms with Crippen LogP contribution in [0.2, 0.25) is 0 Å². The van der Waals surface area contributed by atoms with Crippen LogP contribution in [0.15, 0.2) is 24.3 Å². The number of carbonyl (C=O) groups excluding carboxylic acids is 2. The van der Waals surface area contributed by atoms with Crippen molar-refractivity contribution in [3.63, 3.8) is 0 Å². The van der Waals surface area contributed by atoms with Crippen molar-refractivity contribution in [1.82, 2.24) is 20.0 Å². The average Bonchev–Trinajstić information content (AvgIpc) is 3.31. The monoisotopic (exact) mass is 402 g/mol. The second-order valence-corrected chi connectivity index (χ2v) is 7.70. The van der Waals surface area contributed by atoms with Crippen LogP contribution in [0, 0.1) is 0 Å². The molecule has 0 aromatic heterocycles. The van der Waals surface area contributed by atoms with Crippen molar-refractivity contribution >= 4 is 11.9 Å². The van der Waals surface area contributed by atoms with Crippen molar-refractivity contribution < 1.29 is 14.3 Å². The maximum absolute atomic E-state index is 12.6. The summed E-state index contributed by atoms with van der Waals surface area (Å²) in [6.45, 7) is 10.7. The third kappa shape index (κ3) is 5.70. The van der Waals surface area contributed by atoms with E-state index < -0.39 is 0 Å². The van der Waals surface area contributed by atoms with Crippen molar-refractivity contribution in [2.24, 2.45) is 0 Å². The molecule has 2 fully saturated rings. The Morgan fingerprint density at radius 2 is 1.72 bits per heavy atom. The van der Waals surface area contributed by atoms with Gasteiger partial charge in [-0.2, -0.15) is 0 Å². The molecule has 2 aliphatic heterocycles. The van der Waals surface area contributed by atoms with Crippen LogP contribution in [0.4, 0.5) is 4.79 Å². The summed E-state index contributed by atoms with van der Waals surface area (Å²) in [5.41, 5.74) is 2.41. The molecule has 7 nitrogen and oxygen atoms in total. The Kier molecular flexibility index (Phi) is 7.89. The zero-order valence-corrected chi connectivity index (χ0v) is 17.7. The summed E-state index contributed by atoms with van der Waals surface area (Å²) in [5.74, 6) is 0.0767. The summed E-state index contributed by atoms with van der Waals surface area (Å²) < 4.78 is 5.50. The topological polar surface area (TPSA) is 65.1 Å². The summed E-state index contributed by atoms with van der Waals surface area (Å²) in [5, 5.41) is 3.06. The van der Waals surface area contributed by atoms with Gasteiger partial charge in [0.1, 0.15) is 6.10 Å². The van der Waals surface area contributed by atoms with Gasteiger partial charge in [0.05, 0.1) is 0 Å². The maximum Gasteiger partial charge on any atom is 0.317 e. The standard InChI is InChI=1S/C22H34N4O3/c1-3-24(4-2)17-19-9-6-5-8-18(19)16-23-22(28)26-13-11-25(12-14-26)21(27)20-10-7-15-29-20/h5-6,8-9,20H,3-4,7,10-17H2,1-2H3,(H,23,28). The molecule has 3 rings (SSSR count). The number of ether oxygens (including phenoxy) is 1. The molecule has 29 heavy (non-hydrogen) atoms. The predicted molar refractivity (Wildman–Crippen MR) is 112 cm³/mol. The lowest BCUT2D eigenvalue weighted by Crippen LogP contribution is -2.54. The van der Waals surface area contributed by atoms with Crippen molar-refractivity contribution in [3.8, 4) is 0 Å². The molecule has 0 saturated carbocycles. The minimum atomic E-state index is -0.280. The summed E-state index contributed by atoms with van der Waals surface area (Å²) in [7, 11) is 0. The van der Waals surface area contributed by atoms with E-state index in [-0.39, 0.29) is 18.0 Å². The predicted octanol–water partition coefficient (Wildman–Crippen LogP) is 2.06. The summed E-state index contributed by atoms with van der Waals surface area (Å²) >= 11 is 0. The number of carbonyl (C=O) groups is 2. The molecule has 3 amide bonds. The van der Waals surface area contributed by atoms with Gasteiger partial charge in [-0.3, -0.25) is 9.69 Å². The molecule has 0 spiro atoms. The van der Waals surface area contributed by atoms with E-state index in [9.17, 15) is 9.59 Å². The van der Waals surface area contributed by atoms with Crippen LogP contribution in [0.1, 0.15) is 37.8 Å². The van der Waals surface area contributed by atoms with Crippen LogP contribution in [-0.4, -0.2) is 78.6 Å². The zero-order valence-electron chi connectivity index (χ0n) is 17.7. The van der Waals surface area contributed by atoms with Gasteiger partial charge in [-0.05, 0) is 37.1 Å². The number of piperazine rings is 1. The van der Waals surface area contributed by atoms with Crippen LogP contribution in [-0.2, 0) is 22.6 Å². The Labute approximate surface area is 174 Å². The number of urea groups is 1. The van der Waals surface area contributed by atoms with Gasteiger partial charge in [-0.1, -0.05) is 38.1 Å². The molecule has 160 valence electrons. The number of hydrogen-bond donors (Lipinski definition) is 1. The first-order valence-electron chi connectivity index (χ1n) is 10.8. The van der Waals surface area contributed by atoms with Gasteiger partial charge < -0.3 is 19.9 Å². The zero-order chi connectivity index (χ0) is 20.6. The number of rotatable bonds is 7. The van der Waals surface area contributed by atoms with Gasteiger partial charge in [0, 0.05) is 45.9 Å². The molecule has 2 heterocycles. The molecule has 0 radical (unpaired) electrons. The molecule has 2 aliphatic rings. The SMILES string of the molecule is CCN(CC)Cc1ccccc1CNC(=O)N1CCN(C(=O)C2CCCO2)CC1. The van der Waals surface area contributed by atoms with Gasteiger partial charge in [0.2, 0.25) is 0 Å². The lowest BCUT2D eigenvalue weighted by molar-refractivity contribution is -0.142. The van der Waals surface area contributed by atoms with Crippen LogP contribution in [0.3, 0.4) is 0 Å². The van der Waals surface area contributed by atoms with Crippen LogP contribution in [0.25, 0.3) is 0 Å². The number of nitrogens with zero attached hydrogens (tertiary/aromatic N) is 3. The number of nitrogens with one attached hydrogen (secondary N) is 1. The lowest BCUT2D eigenvalue weighted by atomic mass is 10.1. The number of benzene rings is 1. The minimum absolute atomic E-state index is 0.0631. The van der Waals surface area contributed by atoms with Crippen molar-refractivity contribution in [2.75, 3.05) is 45.9 Å².